The van der Waals surface area contributed by atoms with Gasteiger partial charge in [0, 0.05) is 12.3 Å². The summed E-state index contributed by atoms with van der Waals surface area (Å²) in [6, 6.07) is 0.874. The van der Waals surface area contributed by atoms with Gasteiger partial charge in [-0.15, -0.1) is 0 Å². The fourth-order valence-electron chi connectivity index (χ4n) is 2.07. The molecule has 22 heavy (non-hydrogen) atoms. The van der Waals surface area contributed by atoms with Crippen LogP contribution in [-0.4, -0.2) is 59.6 Å². The van der Waals surface area contributed by atoms with E-state index in [1.54, 1.807) is 0 Å². The highest BCUT2D eigenvalue weighted by Gasteiger charge is 2.59. The molecule has 1 fully saturated rings. The predicted octanol–water partition coefficient (Wildman–Crippen LogP) is -3.51. The molecule has 11 nitrogen and oxygen atoms in total. The largest absolute Gasteiger partial charge is 0.394 e. The van der Waals surface area contributed by atoms with Gasteiger partial charge in [-0.25, -0.2) is 9.36 Å². The maximum Gasteiger partial charge on any atom is 0.332 e. The third kappa shape index (κ3) is 3.06. The lowest BCUT2D eigenvalue weighted by atomic mass is 10.1. The van der Waals surface area contributed by atoms with Crippen molar-refractivity contribution in [1.82, 2.24) is 9.55 Å². The molecule has 6 N–H and O–H groups in total. The van der Waals surface area contributed by atoms with Crippen molar-refractivity contribution >= 4 is 18.5 Å². The molecular weight excluding hydrogens is 343 g/mol. The predicted molar refractivity (Wildman–Crippen MR) is 73.1 cm³/mol. The number of hydrogen-bond acceptors (Lipinski definition) is 8. The van der Waals surface area contributed by atoms with Crippen LogP contribution in [-0.2, 0) is 27.0 Å². The molecule has 0 saturated carbocycles. The highest BCUT2D eigenvalue weighted by atomic mass is 32.5. The number of aliphatic hydroxyl groups is 3. The maximum absolute atomic E-state index is 11.9. The van der Waals surface area contributed by atoms with E-state index in [0.717, 1.165) is 12.3 Å². The number of hydrogen-bond donors (Lipinski definition) is 6. The highest BCUT2D eigenvalue weighted by molar-refractivity contribution is 8.06. The fourth-order valence-corrected chi connectivity index (χ4v) is 2.97. The Balaban J connectivity index is 2.64. The van der Waals surface area contributed by atoms with Crippen molar-refractivity contribution in [2.24, 2.45) is 0 Å². The Kier molecular flexibility index (Phi) is 4.69. The molecule has 2 heterocycles. The molecule has 1 aromatic rings. The van der Waals surface area contributed by atoms with E-state index in [1.165, 1.54) is 0 Å². The second kappa shape index (κ2) is 5.92. The third-order valence-corrected chi connectivity index (χ3v) is 3.71. The lowest BCUT2D eigenvalue weighted by Gasteiger charge is -2.33. The van der Waals surface area contributed by atoms with Crippen molar-refractivity contribution in [1.29, 1.82) is 0 Å². The summed E-state index contributed by atoms with van der Waals surface area (Å²) in [5, 5.41) is 29.0. The molecule has 0 radical (unpaired) electrons. The van der Waals surface area contributed by atoms with E-state index in [1.807, 2.05) is 4.98 Å². The zero-order valence-corrected chi connectivity index (χ0v) is 12.5. The summed E-state index contributed by atoms with van der Waals surface area (Å²) in [4.78, 5) is 43.5. The minimum absolute atomic E-state index is 0.492. The minimum atomic E-state index is -4.47. The molecule has 0 spiro atoms. The van der Waals surface area contributed by atoms with Crippen LogP contribution in [0.3, 0.4) is 0 Å². The summed E-state index contributed by atoms with van der Waals surface area (Å²) in [5.41, 5.74) is -1.89. The molecule has 0 aromatic carbocycles. The van der Waals surface area contributed by atoms with E-state index in [9.17, 15) is 29.6 Å². The van der Waals surface area contributed by atoms with Crippen LogP contribution in [0.15, 0.2) is 21.9 Å². The van der Waals surface area contributed by atoms with Crippen molar-refractivity contribution in [3.63, 3.8) is 0 Å². The molecule has 124 valence electrons. The van der Waals surface area contributed by atoms with Gasteiger partial charge in [0.2, 0.25) is 0 Å². The van der Waals surface area contributed by atoms with E-state index < -0.39 is 48.8 Å². The van der Waals surface area contributed by atoms with Crippen LogP contribution >= 0.6 is 6.72 Å². The number of H-pyrrole nitrogens is 1. The van der Waals surface area contributed by atoms with Gasteiger partial charge in [0.15, 0.2) is 6.10 Å². The van der Waals surface area contributed by atoms with Crippen molar-refractivity contribution < 1.29 is 34.4 Å². The Bertz CT molecular complexity index is 714. The summed E-state index contributed by atoms with van der Waals surface area (Å²) in [6.45, 7) is -5.24. The Morgan fingerprint density at radius 2 is 2.09 bits per heavy atom. The highest BCUT2D eigenvalue weighted by Crippen LogP contribution is 2.49. The van der Waals surface area contributed by atoms with Gasteiger partial charge >= 0.3 is 12.4 Å². The van der Waals surface area contributed by atoms with Gasteiger partial charge in [0.25, 0.3) is 11.5 Å². The first-order valence-electron chi connectivity index (χ1n) is 5.84. The molecule has 1 aliphatic heterocycles. The van der Waals surface area contributed by atoms with Crippen molar-refractivity contribution in [3.05, 3.63) is 33.1 Å². The zero-order valence-electron chi connectivity index (χ0n) is 10.8. The lowest BCUT2D eigenvalue weighted by Crippen LogP contribution is -2.52. The number of aromatic nitrogens is 2. The molecular formula is C9H13N2O9PS. The summed E-state index contributed by atoms with van der Waals surface area (Å²) in [5.74, 6) is -2.62. The molecule has 1 aromatic heterocycles. The number of ether oxygens (including phenoxy) is 1. The number of nitrogens with zero attached hydrogens (tertiary/aromatic N) is 1. The van der Waals surface area contributed by atoms with Crippen LogP contribution in [0.4, 0.5) is 0 Å². The number of nitrogens with one attached hydrogen (secondary N) is 1. The lowest BCUT2D eigenvalue weighted by molar-refractivity contribution is -0.275. The smallest absolute Gasteiger partial charge is 0.332 e. The topological polar surface area (TPSA) is 174 Å². The molecule has 4 atom stereocenters. The van der Waals surface area contributed by atoms with Crippen LogP contribution in [0, 0.1) is 0 Å². The van der Waals surface area contributed by atoms with Crippen LogP contribution < -0.4 is 11.2 Å². The summed E-state index contributed by atoms with van der Waals surface area (Å²) < 4.78 is 10.3. The van der Waals surface area contributed by atoms with Gasteiger partial charge in [-0.2, -0.15) is 0 Å². The third-order valence-electron chi connectivity index (χ3n) is 2.99. The SMILES string of the molecule is O=c1ccn([C@]2(OP(O)(O)=S)O[C@H](CO)[C@@H](O)[C@H]2O)c(=O)[nH]1. The van der Waals surface area contributed by atoms with Crippen LogP contribution in [0.25, 0.3) is 0 Å². The quantitative estimate of drug-likeness (QED) is 0.297. The van der Waals surface area contributed by atoms with Crippen molar-refractivity contribution in [3.8, 4) is 0 Å². The first-order valence-corrected chi connectivity index (χ1v) is 8.47. The van der Waals surface area contributed by atoms with Crippen LogP contribution in [0.2, 0.25) is 0 Å². The first-order chi connectivity index (χ1) is 10.1. The fraction of sp³-hybridized carbons (Fsp3) is 0.556. The van der Waals surface area contributed by atoms with Crippen LogP contribution in [0.1, 0.15) is 0 Å². The van der Waals surface area contributed by atoms with Gasteiger partial charge in [-0.05, 0) is 11.8 Å². The summed E-state index contributed by atoms with van der Waals surface area (Å²) >= 11 is 4.31. The van der Waals surface area contributed by atoms with Gasteiger partial charge in [-0.1, -0.05) is 0 Å². The molecule has 1 saturated heterocycles. The Morgan fingerprint density at radius 1 is 1.45 bits per heavy atom. The average molecular weight is 356 g/mol. The second-order valence-corrected chi connectivity index (χ2v) is 7.06. The zero-order chi connectivity index (χ0) is 16.7. The van der Waals surface area contributed by atoms with Crippen molar-refractivity contribution in [2.45, 2.75) is 24.2 Å². The average Bonchev–Trinajstić information content (AvgIpc) is 2.62. The number of aliphatic hydroxyl groups excluding tert-OH is 3. The first kappa shape index (κ1) is 17.4. The summed E-state index contributed by atoms with van der Waals surface area (Å²) in [7, 11) is 0. The van der Waals surface area contributed by atoms with Gasteiger partial charge in [0.05, 0.1) is 6.61 Å². The minimum Gasteiger partial charge on any atom is -0.394 e. The molecule has 1 aliphatic rings. The molecule has 2 rings (SSSR count). The van der Waals surface area contributed by atoms with Crippen LogP contribution in [0.5, 0.6) is 0 Å². The second-order valence-electron chi connectivity index (χ2n) is 4.47. The van der Waals surface area contributed by atoms with E-state index in [4.69, 9.17) is 14.4 Å². The van der Waals surface area contributed by atoms with Gasteiger partial charge < -0.3 is 29.8 Å². The normalized spacial score (nSPS) is 32.3. The monoisotopic (exact) mass is 356 g/mol. The van der Waals surface area contributed by atoms with E-state index in [2.05, 4.69) is 11.8 Å². The van der Waals surface area contributed by atoms with Crippen molar-refractivity contribution in [2.75, 3.05) is 6.61 Å². The molecule has 0 amide bonds. The Morgan fingerprint density at radius 3 is 2.55 bits per heavy atom. The van der Waals surface area contributed by atoms with E-state index in [-0.39, 0.29) is 0 Å². The Hall–Kier alpha value is -0.950. The van der Waals surface area contributed by atoms with Gasteiger partial charge in [0.1, 0.15) is 12.2 Å². The Labute approximate surface area is 127 Å². The maximum atomic E-state index is 11.9. The van der Waals surface area contributed by atoms with E-state index >= 15 is 0 Å². The molecule has 0 aliphatic carbocycles. The molecule has 0 bridgehead atoms. The standard InChI is InChI=1S/C9H13N2O9PS/c12-3-4-6(14)7(15)9(19-4,20-21(17,18)22)11-2-1-5(13)10-8(11)16/h1-2,4,6-7,12,14-15H,3H2,(H,10,13,16)(H2,17,18,22)/t4-,6-,7-,9+/m1/s1. The number of aromatic amines is 1. The van der Waals surface area contributed by atoms with Gasteiger partial charge in [-0.3, -0.25) is 14.3 Å². The van der Waals surface area contributed by atoms with E-state index in [0.29, 0.717) is 4.57 Å². The molecule has 0 unspecified atom stereocenters. The summed E-state index contributed by atoms with van der Waals surface area (Å²) in [6.07, 6.45) is -4.27. The molecule has 13 heteroatoms. The number of rotatable bonds is 4.